The van der Waals surface area contributed by atoms with E-state index in [2.05, 4.69) is 0 Å². The highest BCUT2D eigenvalue weighted by Crippen LogP contribution is 2.22. The highest BCUT2D eigenvalue weighted by molar-refractivity contribution is 5.82. The van der Waals surface area contributed by atoms with Gasteiger partial charge in [0.2, 0.25) is 0 Å². The number of carbonyl (C=O) groups is 1. The molecule has 92 valence electrons. The normalized spacial score (nSPS) is 9.94. The second kappa shape index (κ2) is 6.59. The van der Waals surface area contributed by atoms with E-state index in [-0.39, 0.29) is 11.3 Å². The van der Waals surface area contributed by atoms with Crippen molar-refractivity contribution in [3.8, 4) is 5.75 Å². The number of hydrogen-bond donors (Lipinski definition) is 0. The molecule has 0 heterocycles. The number of ether oxygens (including phenoxy) is 2. The van der Waals surface area contributed by atoms with Crippen molar-refractivity contribution in [3.63, 3.8) is 0 Å². The summed E-state index contributed by atoms with van der Waals surface area (Å²) in [7, 11) is 0. The first-order chi connectivity index (χ1) is 8.19. The van der Waals surface area contributed by atoms with Crippen LogP contribution in [0.3, 0.4) is 0 Å². The van der Waals surface area contributed by atoms with Crippen LogP contribution in [0, 0.1) is 10.1 Å². The number of hydrogen-bond acceptors (Lipinski definition) is 5. The molecule has 0 aliphatic rings. The third kappa shape index (κ3) is 3.84. The van der Waals surface area contributed by atoms with Crippen molar-refractivity contribution in [2.45, 2.75) is 6.92 Å². The van der Waals surface area contributed by atoms with Gasteiger partial charge in [0.15, 0.2) is 6.29 Å². The lowest BCUT2D eigenvalue weighted by molar-refractivity contribution is -0.385. The maximum Gasteiger partial charge on any atom is 0.280 e. The van der Waals surface area contributed by atoms with Crippen LogP contribution in [0.2, 0.25) is 0 Å². The zero-order valence-electron chi connectivity index (χ0n) is 9.42. The van der Waals surface area contributed by atoms with E-state index in [1.807, 2.05) is 6.92 Å². The maximum absolute atomic E-state index is 10.7. The van der Waals surface area contributed by atoms with Gasteiger partial charge in [0.1, 0.15) is 12.4 Å². The summed E-state index contributed by atoms with van der Waals surface area (Å²) in [6.45, 7) is 3.24. The topological polar surface area (TPSA) is 78.7 Å². The summed E-state index contributed by atoms with van der Waals surface area (Å²) in [5.74, 6) is 0.414. The van der Waals surface area contributed by atoms with Gasteiger partial charge >= 0.3 is 0 Å². The van der Waals surface area contributed by atoms with Crippen LogP contribution in [-0.4, -0.2) is 31.0 Å². The summed E-state index contributed by atoms with van der Waals surface area (Å²) in [4.78, 5) is 20.6. The number of rotatable bonds is 7. The van der Waals surface area contributed by atoms with E-state index < -0.39 is 4.92 Å². The SMILES string of the molecule is CCOCCOc1ccc([N+](=O)[O-])c(C=O)c1. The quantitative estimate of drug-likeness (QED) is 0.314. The predicted octanol–water partition coefficient (Wildman–Crippen LogP) is 1.82. The number of benzene rings is 1. The van der Waals surface area contributed by atoms with Crippen molar-refractivity contribution < 1.29 is 19.2 Å². The zero-order chi connectivity index (χ0) is 12.7. The Kier molecular flexibility index (Phi) is 5.09. The Morgan fingerprint density at radius 2 is 2.18 bits per heavy atom. The molecule has 0 saturated carbocycles. The molecule has 0 aromatic heterocycles. The van der Waals surface area contributed by atoms with Gasteiger partial charge < -0.3 is 9.47 Å². The number of nitro groups is 1. The van der Waals surface area contributed by atoms with E-state index in [1.165, 1.54) is 18.2 Å². The van der Waals surface area contributed by atoms with Gasteiger partial charge in [-0.25, -0.2) is 0 Å². The van der Waals surface area contributed by atoms with Gasteiger partial charge in [-0.2, -0.15) is 0 Å². The molecule has 0 spiro atoms. The summed E-state index contributed by atoms with van der Waals surface area (Å²) < 4.78 is 10.3. The monoisotopic (exact) mass is 239 g/mol. The van der Waals surface area contributed by atoms with Crippen molar-refractivity contribution in [1.29, 1.82) is 0 Å². The Morgan fingerprint density at radius 3 is 2.76 bits per heavy atom. The number of nitrogens with zero attached hydrogens (tertiary/aromatic N) is 1. The first-order valence-electron chi connectivity index (χ1n) is 5.13. The fourth-order valence-electron chi connectivity index (χ4n) is 1.25. The fourth-order valence-corrected chi connectivity index (χ4v) is 1.25. The standard InChI is InChI=1S/C11H13NO5/c1-2-16-5-6-17-10-3-4-11(12(14)15)9(7-10)8-13/h3-4,7-8H,2,5-6H2,1H3. The van der Waals surface area contributed by atoms with Crippen LogP contribution in [-0.2, 0) is 4.74 Å². The molecule has 0 amide bonds. The molecule has 0 atom stereocenters. The van der Waals surface area contributed by atoms with E-state index >= 15 is 0 Å². The van der Waals surface area contributed by atoms with Crippen LogP contribution in [0.5, 0.6) is 5.75 Å². The Labute approximate surface area is 98.3 Å². The Hall–Kier alpha value is -1.95. The Morgan fingerprint density at radius 1 is 1.41 bits per heavy atom. The predicted molar refractivity (Wildman–Crippen MR) is 60.5 cm³/mol. The molecule has 6 heteroatoms. The van der Waals surface area contributed by atoms with E-state index in [1.54, 1.807) is 0 Å². The van der Waals surface area contributed by atoms with Crippen LogP contribution in [0.25, 0.3) is 0 Å². The summed E-state index contributed by atoms with van der Waals surface area (Å²) in [6, 6.07) is 4.05. The molecular weight excluding hydrogens is 226 g/mol. The second-order valence-corrected chi connectivity index (χ2v) is 3.14. The van der Waals surface area contributed by atoms with Gasteiger partial charge in [-0.15, -0.1) is 0 Å². The molecule has 0 radical (unpaired) electrons. The molecule has 0 N–H and O–H groups in total. The Bertz CT molecular complexity index is 405. The van der Waals surface area contributed by atoms with E-state index in [4.69, 9.17) is 9.47 Å². The minimum Gasteiger partial charge on any atom is -0.491 e. The second-order valence-electron chi connectivity index (χ2n) is 3.14. The van der Waals surface area contributed by atoms with Gasteiger partial charge in [0, 0.05) is 12.7 Å². The van der Waals surface area contributed by atoms with Crippen LogP contribution in [0.4, 0.5) is 5.69 Å². The first kappa shape index (κ1) is 13.1. The van der Waals surface area contributed by atoms with Crippen molar-refractivity contribution in [3.05, 3.63) is 33.9 Å². The molecular formula is C11H13NO5. The minimum atomic E-state index is -0.603. The first-order valence-corrected chi connectivity index (χ1v) is 5.13. The summed E-state index contributed by atoms with van der Waals surface area (Å²) >= 11 is 0. The summed E-state index contributed by atoms with van der Waals surface area (Å²) in [5.41, 5.74) is -0.221. The summed E-state index contributed by atoms with van der Waals surface area (Å²) in [5, 5.41) is 10.6. The van der Waals surface area contributed by atoms with E-state index in [9.17, 15) is 14.9 Å². The lowest BCUT2D eigenvalue weighted by atomic mass is 10.2. The number of carbonyl (C=O) groups excluding carboxylic acids is 1. The fraction of sp³-hybridized carbons (Fsp3) is 0.364. The van der Waals surface area contributed by atoms with Crippen molar-refractivity contribution >= 4 is 12.0 Å². The molecule has 17 heavy (non-hydrogen) atoms. The van der Waals surface area contributed by atoms with Crippen molar-refractivity contribution in [2.24, 2.45) is 0 Å². The number of aldehydes is 1. The van der Waals surface area contributed by atoms with Gasteiger partial charge in [-0.05, 0) is 19.1 Å². The zero-order valence-corrected chi connectivity index (χ0v) is 9.42. The van der Waals surface area contributed by atoms with E-state index in [0.717, 1.165) is 0 Å². The largest absolute Gasteiger partial charge is 0.491 e. The lowest BCUT2D eigenvalue weighted by Gasteiger charge is -2.06. The van der Waals surface area contributed by atoms with Crippen LogP contribution in [0.15, 0.2) is 18.2 Å². The number of nitro benzene ring substituents is 1. The van der Waals surface area contributed by atoms with Crippen LogP contribution < -0.4 is 4.74 Å². The Balaban J connectivity index is 2.69. The van der Waals surface area contributed by atoms with Gasteiger partial charge in [0.05, 0.1) is 17.1 Å². The highest BCUT2D eigenvalue weighted by atomic mass is 16.6. The molecule has 0 saturated heterocycles. The van der Waals surface area contributed by atoms with Gasteiger partial charge in [0.25, 0.3) is 5.69 Å². The molecule has 0 unspecified atom stereocenters. The molecule has 1 aromatic carbocycles. The molecule has 1 aromatic rings. The van der Waals surface area contributed by atoms with Crippen LogP contribution >= 0.6 is 0 Å². The van der Waals surface area contributed by atoms with Crippen molar-refractivity contribution in [2.75, 3.05) is 19.8 Å². The molecule has 6 nitrogen and oxygen atoms in total. The molecule has 1 rings (SSSR count). The average Bonchev–Trinajstić information content (AvgIpc) is 2.34. The van der Waals surface area contributed by atoms with Crippen LogP contribution in [0.1, 0.15) is 17.3 Å². The summed E-state index contributed by atoms with van der Waals surface area (Å²) in [6.07, 6.45) is 0.438. The minimum absolute atomic E-state index is 0.00362. The molecule has 0 aliphatic carbocycles. The van der Waals surface area contributed by atoms with Gasteiger partial charge in [-0.1, -0.05) is 0 Å². The maximum atomic E-state index is 10.7. The van der Waals surface area contributed by atoms with E-state index in [0.29, 0.717) is 31.9 Å². The third-order valence-corrected chi connectivity index (χ3v) is 2.02. The third-order valence-electron chi connectivity index (χ3n) is 2.02. The molecule has 0 bridgehead atoms. The smallest absolute Gasteiger partial charge is 0.280 e. The lowest BCUT2D eigenvalue weighted by Crippen LogP contribution is -2.06. The average molecular weight is 239 g/mol. The highest BCUT2D eigenvalue weighted by Gasteiger charge is 2.13. The van der Waals surface area contributed by atoms with Crippen molar-refractivity contribution in [1.82, 2.24) is 0 Å². The molecule has 0 fully saturated rings. The molecule has 0 aliphatic heterocycles. The van der Waals surface area contributed by atoms with Gasteiger partial charge in [-0.3, -0.25) is 14.9 Å².